The molecular formula is C12H28O4. The maximum atomic E-state index is 9.03. The average molecular weight is 236 g/mol. The first-order valence-corrected chi connectivity index (χ1v) is 5.81. The van der Waals surface area contributed by atoms with E-state index in [1.54, 1.807) is 34.6 Å². The first-order valence-electron chi connectivity index (χ1n) is 5.81. The Hall–Kier alpha value is -0.160. The minimum atomic E-state index is -0.728. The van der Waals surface area contributed by atoms with Gasteiger partial charge in [-0.05, 0) is 47.5 Å². The molecule has 0 aliphatic heterocycles. The molecule has 0 fully saturated rings. The van der Waals surface area contributed by atoms with Gasteiger partial charge in [0.25, 0.3) is 0 Å². The van der Waals surface area contributed by atoms with Gasteiger partial charge < -0.3 is 20.4 Å². The lowest BCUT2D eigenvalue weighted by atomic mass is 10.0. The summed E-state index contributed by atoms with van der Waals surface area (Å²) in [5, 5.41) is 35.1. The van der Waals surface area contributed by atoms with Crippen molar-refractivity contribution in [2.24, 2.45) is 0 Å². The Kier molecular flexibility index (Phi) is 10.2. The molecule has 0 heterocycles. The van der Waals surface area contributed by atoms with Gasteiger partial charge in [-0.2, -0.15) is 0 Å². The largest absolute Gasteiger partial charge is 0.393 e. The zero-order chi connectivity index (χ0) is 13.4. The Morgan fingerprint density at radius 3 is 1.19 bits per heavy atom. The Balaban J connectivity index is 0. The molecule has 4 heteroatoms. The van der Waals surface area contributed by atoms with E-state index in [4.69, 9.17) is 20.4 Å². The fourth-order valence-electron chi connectivity index (χ4n) is 1.21. The first-order chi connectivity index (χ1) is 7.04. The fourth-order valence-corrected chi connectivity index (χ4v) is 1.21. The number of aliphatic hydroxyl groups excluding tert-OH is 3. The Morgan fingerprint density at radius 1 is 0.812 bits per heavy atom. The van der Waals surface area contributed by atoms with E-state index in [-0.39, 0.29) is 12.2 Å². The lowest BCUT2D eigenvalue weighted by molar-refractivity contribution is 0.0249. The second kappa shape index (κ2) is 8.93. The van der Waals surface area contributed by atoms with Gasteiger partial charge in [0.15, 0.2) is 0 Å². The molecule has 3 atom stereocenters. The molecule has 0 spiro atoms. The summed E-state index contributed by atoms with van der Waals surface area (Å²) in [7, 11) is 0. The number of hydrogen-bond acceptors (Lipinski definition) is 4. The van der Waals surface area contributed by atoms with Crippen LogP contribution in [0.25, 0.3) is 0 Å². The minimum absolute atomic E-state index is 0.274. The second-order valence-corrected chi connectivity index (χ2v) is 5.14. The van der Waals surface area contributed by atoms with E-state index in [9.17, 15) is 0 Å². The van der Waals surface area contributed by atoms with Gasteiger partial charge in [-0.3, -0.25) is 0 Å². The van der Waals surface area contributed by atoms with Gasteiger partial charge in [-0.15, -0.1) is 0 Å². The first kappa shape index (κ1) is 18.2. The molecule has 16 heavy (non-hydrogen) atoms. The lowest BCUT2D eigenvalue weighted by Crippen LogP contribution is -2.24. The van der Waals surface area contributed by atoms with Crippen molar-refractivity contribution in [3.8, 4) is 0 Å². The fraction of sp³-hybridized carbons (Fsp3) is 1.00. The molecule has 0 aromatic heterocycles. The Morgan fingerprint density at radius 2 is 1.12 bits per heavy atom. The van der Waals surface area contributed by atoms with E-state index in [1.165, 1.54) is 0 Å². The number of hydrogen-bond donors (Lipinski definition) is 4. The van der Waals surface area contributed by atoms with Crippen LogP contribution in [0.2, 0.25) is 0 Å². The highest BCUT2D eigenvalue weighted by Gasteiger charge is 2.14. The van der Waals surface area contributed by atoms with Crippen molar-refractivity contribution in [2.45, 2.75) is 77.8 Å². The van der Waals surface area contributed by atoms with Crippen LogP contribution in [-0.2, 0) is 0 Å². The van der Waals surface area contributed by atoms with Crippen molar-refractivity contribution < 1.29 is 20.4 Å². The van der Waals surface area contributed by atoms with E-state index in [2.05, 4.69) is 0 Å². The van der Waals surface area contributed by atoms with E-state index >= 15 is 0 Å². The topological polar surface area (TPSA) is 80.9 Å². The predicted molar refractivity (Wildman–Crippen MR) is 65.2 cm³/mol. The van der Waals surface area contributed by atoms with Crippen molar-refractivity contribution in [3.05, 3.63) is 0 Å². The van der Waals surface area contributed by atoms with Gasteiger partial charge in [0, 0.05) is 6.42 Å². The monoisotopic (exact) mass is 236 g/mol. The summed E-state index contributed by atoms with van der Waals surface area (Å²) in [5.41, 5.74) is -0.728. The number of rotatable bonds is 5. The molecule has 3 unspecified atom stereocenters. The highest BCUT2D eigenvalue weighted by molar-refractivity contribution is 4.67. The van der Waals surface area contributed by atoms with Gasteiger partial charge >= 0.3 is 0 Å². The molecule has 0 aliphatic carbocycles. The standard InChI is InChI=1S/2C6H14O2/c1-5(7)4-6(2,3)8;1-5(7)3-4-6(2)8/h5,7-8H,4H2,1-3H3;5-8H,3-4H2,1-2H3. The zero-order valence-corrected chi connectivity index (χ0v) is 11.1. The molecule has 0 aromatic rings. The summed E-state index contributed by atoms with van der Waals surface area (Å²) in [5.74, 6) is 0. The SMILES string of the molecule is CC(O)CC(C)(C)O.CC(O)CCC(C)O. The van der Waals surface area contributed by atoms with Crippen LogP contribution in [0.1, 0.15) is 53.9 Å². The summed E-state index contributed by atoms with van der Waals surface area (Å²) >= 11 is 0. The Bertz CT molecular complexity index is 140. The molecular weight excluding hydrogens is 208 g/mol. The predicted octanol–water partition coefficient (Wildman–Crippen LogP) is 1.06. The Labute approximate surface area is 98.9 Å². The second-order valence-electron chi connectivity index (χ2n) is 5.14. The van der Waals surface area contributed by atoms with Gasteiger partial charge in [0.1, 0.15) is 0 Å². The van der Waals surface area contributed by atoms with Gasteiger partial charge in [-0.1, -0.05) is 0 Å². The van der Waals surface area contributed by atoms with Gasteiger partial charge in [-0.25, -0.2) is 0 Å². The molecule has 0 bridgehead atoms. The summed E-state index contributed by atoms with van der Waals surface area (Å²) in [6.45, 7) is 8.47. The quantitative estimate of drug-likeness (QED) is 0.575. The molecule has 4 N–H and O–H groups in total. The van der Waals surface area contributed by atoms with Crippen molar-refractivity contribution >= 4 is 0 Å². The van der Waals surface area contributed by atoms with Crippen LogP contribution in [0, 0.1) is 0 Å². The van der Waals surface area contributed by atoms with Crippen LogP contribution in [0.3, 0.4) is 0 Å². The molecule has 0 amide bonds. The molecule has 100 valence electrons. The van der Waals surface area contributed by atoms with E-state index < -0.39 is 11.7 Å². The molecule has 0 rings (SSSR count). The molecule has 0 saturated carbocycles. The highest BCUT2D eigenvalue weighted by atomic mass is 16.3. The van der Waals surface area contributed by atoms with Crippen molar-refractivity contribution in [3.63, 3.8) is 0 Å². The van der Waals surface area contributed by atoms with Crippen LogP contribution >= 0.6 is 0 Å². The smallest absolute Gasteiger partial charge is 0.0616 e. The van der Waals surface area contributed by atoms with Crippen LogP contribution in [0.5, 0.6) is 0 Å². The molecule has 0 saturated heterocycles. The maximum Gasteiger partial charge on any atom is 0.0616 e. The zero-order valence-electron chi connectivity index (χ0n) is 11.1. The van der Waals surface area contributed by atoms with Crippen molar-refractivity contribution in [2.75, 3.05) is 0 Å². The van der Waals surface area contributed by atoms with E-state index in [0.29, 0.717) is 19.3 Å². The number of aliphatic hydroxyl groups is 4. The van der Waals surface area contributed by atoms with Crippen LogP contribution in [0.4, 0.5) is 0 Å². The molecule has 0 aliphatic rings. The summed E-state index contributed by atoms with van der Waals surface area (Å²) in [4.78, 5) is 0. The van der Waals surface area contributed by atoms with Crippen LogP contribution in [0.15, 0.2) is 0 Å². The summed E-state index contributed by atoms with van der Waals surface area (Å²) < 4.78 is 0. The van der Waals surface area contributed by atoms with Crippen LogP contribution in [-0.4, -0.2) is 44.3 Å². The lowest BCUT2D eigenvalue weighted by Gasteiger charge is -2.17. The van der Waals surface area contributed by atoms with Crippen LogP contribution < -0.4 is 0 Å². The van der Waals surface area contributed by atoms with Crippen molar-refractivity contribution in [1.82, 2.24) is 0 Å². The average Bonchev–Trinajstić information content (AvgIpc) is 1.96. The van der Waals surface area contributed by atoms with Gasteiger partial charge in [0.2, 0.25) is 0 Å². The molecule has 0 aromatic carbocycles. The third-order valence-electron chi connectivity index (χ3n) is 1.80. The van der Waals surface area contributed by atoms with Crippen molar-refractivity contribution in [1.29, 1.82) is 0 Å². The minimum Gasteiger partial charge on any atom is -0.393 e. The van der Waals surface area contributed by atoms with E-state index in [1.807, 2.05) is 0 Å². The van der Waals surface area contributed by atoms with E-state index in [0.717, 1.165) is 0 Å². The summed E-state index contributed by atoms with van der Waals surface area (Å²) in [6, 6.07) is 0. The maximum absolute atomic E-state index is 9.03. The highest BCUT2D eigenvalue weighted by Crippen LogP contribution is 2.09. The third-order valence-corrected chi connectivity index (χ3v) is 1.80. The summed E-state index contributed by atoms with van der Waals surface area (Å²) in [6.07, 6.45) is 0.867. The van der Waals surface area contributed by atoms with Gasteiger partial charge in [0.05, 0.1) is 23.9 Å². The third kappa shape index (κ3) is 23.6. The molecule has 0 radical (unpaired) electrons. The normalized spacial score (nSPS) is 17.1. The molecule has 4 nitrogen and oxygen atoms in total.